The average Bonchev–Trinajstić information content (AvgIpc) is 2.63. The van der Waals surface area contributed by atoms with Crippen LogP contribution in [-0.4, -0.2) is 15.7 Å². The molecule has 0 saturated carbocycles. The first-order chi connectivity index (χ1) is 12.5. The highest BCUT2D eigenvalue weighted by Crippen LogP contribution is 2.20. The van der Waals surface area contributed by atoms with Crippen molar-refractivity contribution >= 4 is 33.4 Å². The van der Waals surface area contributed by atoms with E-state index in [1.807, 2.05) is 42.5 Å². The Labute approximate surface area is 163 Å². The Morgan fingerprint density at radius 1 is 1.12 bits per heavy atom. The van der Waals surface area contributed by atoms with Crippen molar-refractivity contribution in [2.45, 2.75) is 13.1 Å². The van der Waals surface area contributed by atoms with Crippen molar-refractivity contribution in [3.63, 3.8) is 0 Å². The normalized spacial score (nSPS) is 10.5. The minimum absolute atomic E-state index is 0.162. The van der Waals surface area contributed by atoms with Gasteiger partial charge in [0.25, 0.3) is 5.56 Å². The Morgan fingerprint density at radius 2 is 1.92 bits per heavy atom. The predicted molar refractivity (Wildman–Crippen MR) is 105 cm³/mol. The van der Waals surface area contributed by atoms with Crippen molar-refractivity contribution in [1.82, 2.24) is 15.1 Å². The zero-order valence-electron chi connectivity index (χ0n) is 13.7. The number of nitrogens with one attached hydrogen (secondary N) is 1. The molecule has 0 spiro atoms. The molecule has 0 aliphatic rings. The van der Waals surface area contributed by atoms with Gasteiger partial charge in [0.15, 0.2) is 0 Å². The molecule has 0 unspecified atom stereocenters. The van der Waals surface area contributed by atoms with Gasteiger partial charge >= 0.3 is 0 Å². The van der Waals surface area contributed by atoms with Crippen molar-refractivity contribution in [3.05, 3.63) is 86.1 Å². The highest BCUT2D eigenvalue weighted by molar-refractivity contribution is 9.10. The van der Waals surface area contributed by atoms with Gasteiger partial charge in [0.05, 0.1) is 5.69 Å². The van der Waals surface area contributed by atoms with Crippen LogP contribution in [0.5, 0.6) is 0 Å². The molecule has 0 radical (unpaired) electrons. The van der Waals surface area contributed by atoms with E-state index in [1.165, 1.54) is 6.07 Å². The van der Waals surface area contributed by atoms with Gasteiger partial charge in [-0.3, -0.25) is 9.59 Å². The van der Waals surface area contributed by atoms with Gasteiger partial charge in [-0.05, 0) is 29.8 Å². The Bertz CT molecular complexity index is 1000. The molecular formula is C19H15BrClN3O2. The highest BCUT2D eigenvalue weighted by atomic mass is 79.9. The molecule has 3 rings (SSSR count). The van der Waals surface area contributed by atoms with Crippen molar-refractivity contribution in [3.8, 4) is 11.3 Å². The maximum atomic E-state index is 12.2. The van der Waals surface area contributed by atoms with Crippen LogP contribution in [0.25, 0.3) is 11.3 Å². The Balaban J connectivity index is 1.73. The molecule has 5 nitrogen and oxygen atoms in total. The summed E-state index contributed by atoms with van der Waals surface area (Å²) in [7, 11) is 0. The Morgan fingerprint density at radius 3 is 2.69 bits per heavy atom. The van der Waals surface area contributed by atoms with Crippen molar-refractivity contribution in [1.29, 1.82) is 0 Å². The van der Waals surface area contributed by atoms with E-state index in [-0.39, 0.29) is 18.0 Å². The van der Waals surface area contributed by atoms with Gasteiger partial charge in [-0.25, -0.2) is 4.68 Å². The molecule has 1 aromatic heterocycles. The lowest BCUT2D eigenvalue weighted by molar-refractivity contribution is -0.122. The second kappa shape index (κ2) is 8.29. The largest absolute Gasteiger partial charge is 0.350 e. The van der Waals surface area contributed by atoms with Crippen LogP contribution in [0.4, 0.5) is 0 Å². The van der Waals surface area contributed by atoms with Gasteiger partial charge in [0.2, 0.25) is 5.91 Å². The van der Waals surface area contributed by atoms with Gasteiger partial charge < -0.3 is 5.32 Å². The SMILES string of the molecule is O=C(Cn1nc(-c2cccc(Br)c2)ccc1=O)NCc1ccccc1Cl. The molecule has 132 valence electrons. The molecule has 1 amide bonds. The summed E-state index contributed by atoms with van der Waals surface area (Å²) in [6, 6.07) is 17.9. The van der Waals surface area contributed by atoms with Crippen LogP contribution in [0.15, 0.2) is 69.9 Å². The number of hydrogen-bond acceptors (Lipinski definition) is 3. The lowest BCUT2D eigenvalue weighted by Crippen LogP contribution is -2.33. The first kappa shape index (κ1) is 18.4. The number of aromatic nitrogens is 2. The summed E-state index contributed by atoms with van der Waals surface area (Å²) < 4.78 is 2.06. The van der Waals surface area contributed by atoms with E-state index in [1.54, 1.807) is 12.1 Å². The second-order valence-electron chi connectivity index (χ2n) is 5.59. The summed E-state index contributed by atoms with van der Waals surface area (Å²) in [5, 5.41) is 7.63. The third-order valence-corrected chi connectivity index (χ3v) is 4.58. The minimum atomic E-state index is -0.336. The molecule has 0 fully saturated rings. The number of nitrogens with zero attached hydrogens (tertiary/aromatic N) is 2. The highest BCUT2D eigenvalue weighted by Gasteiger charge is 2.09. The van der Waals surface area contributed by atoms with Crippen molar-refractivity contribution in [2.75, 3.05) is 0 Å². The molecule has 0 aliphatic carbocycles. The summed E-state index contributed by atoms with van der Waals surface area (Å²) >= 11 is 9.48. The fourth-order valence-corrected chi connectivity index (χ4v) is 2.99. The summed E-state index contributed by atoms with van der Waals surface area (Å²) in [5.74, 6) is -0.314. The number of halogens is 2. The van der Waals surface area contributed by atoms with E-state index >= 15 is 0 Å². The number of benzene rings is 2. The Hall–Kier alpha value is -2.44. The molecular weight excluding hydrogens is 418 g/mol. The van der Waals surface area contributed by atoms with Crippen LogP contribution in [-0.2, 0) is 17.9 Å². The molecule has 0 aliphatic heterocycles. The van der Waals surface area contributed by atoms with E-state index in [0.29, 0.717) is 17.3 Å². The second-order valence-corrected chi connectivity index (χ2v) is 6.92. The molecule has 0 atom stereocenters. The van der Waals surface area contributed by atoms with E-state index in [9.17, 15) is 9.59 Å². The molecule has 26 heavy (non-hydrogen) atoms. The number of hydrogen-bond donors (Lipinski definition) is 1. The monoisotopic (exact) mass is 431 g/mol. The fourth-order valence-electron chi connectivity index (χ4n) is 2.39. The van der Waals surface area contributed by atoms with Crippen LogP contribution in [0.2, 0.25) is 5.02 Å². The van der Waals surface area contributed by atoms with E-state index < -0.39 is 0 Å². The number of amides is 1. The maximum Gasteiger partial charge on any atom is 0.267 e. The third kappa shape index (κ3) is 4.59. The standard InChI is InChI=1S/C19H15BrClN3O2/c20-15-6-3-5-13(10-15)17-8-9-19(26)24(23-17)12-18(25)22-11-14-4-1-2-7-16(14)21/h1-10H,11-12H2,(H,22,25). The molecule has 3 aromatic rings. The Kier molecular flexibility index (Phi) is 5.85. The van der Waals surface area contributed by atoms with Gasteiger partial charge in [0, 0.05) is 27.7 Å². The number of rotatable bonds is 5. The van der Waals surface area contributed by atoms with E-state index in [4.69, 9.17) is 11.6 Å². The fraction of sp³-hybridized carbons (Fsp3) is 0.105. The van der Waals surface area contributed by atoms with Crippen molar-refractivity contribution < 1.29 is 4.79 Å². The van der Waals surface area contributed by atoms with E-state index in [2.05, 4.69) is 26.3 Å². The lowest BCUT2D eigenvalue weighted by Gasteiger charge is -2.09. The molecule has 1 N–H and O–H groups in total. The van der Waals surface area contributed by atoms with Crippen LogP contribution >= 0.6 is 27.5 Å². The molecule has 7 heteroatoms. The first-order valence-electron chi connectivity index (χ1n) is 7.87. The average molecular weight is 433 g/mol. The maximum absolute atomic E-state index is 12.2. The molecule has 0 saturated heterocycles. The first-order valence-corrected chi connectivity index (χ1v) is 9.04. The van der Waals surface area contributed by atoms with Crippen LogP contribution in [0.3, 0.4) is 0 Å². The van der Waals surface area contributed by atoms with Crippen LogP contribution in [0, 0.1) is 0 Å². The van der Waals surface area contributed by atoms with E-state index in [0.717, 1.165) is 20.3 Å². The zero-order valence-corrected chi connectivity index (χ0v) is 16.0. The quantitative estimate of drug-likeness (QED) is 0.669. The van der Waals surface area contributed by atoms with Gasteiger partial charge in [-0.2, -0.15) is 5.10 Å². The van der Waals surface area contributed by atoms with Crippen LogP contribution < -0.4 is 10.9 Å². The lowest BCUT2D eigenvalue weighted by atomic mass is 10.1. The number of carbonyl (C=O) groups is 1. The van der Waals surface area contributed by atoms with Crippen molar-refractivity contribution in [2.24, 2.45) is 0 Å². The summed E-state index contributed by atoms with van der Waals surface area (Å²) in [4.78, 5) is 24.2. The molecule has 0 bridgehead atoms. The molecule has 2 aromatic carbocycles. The predicted octanol–water partition coefficient (Wildman–Crippen LogP) is 3.64. The topological polar surface area (TPSA) is 64.0 Å². The summed E-state index contributed by atoms with van der Waals surface area (Å²) in [6.07, 6.45) is 0. The van der Waals surface area contributed by atoms with Gasteiger partial charge in [-0.1, -0.05) is 57.9 Å². The van der Waals surface area contributed by atoms with Crippen LogP contribution in [0.1, 0.15) is 5.56 Å². The smallest absolute Gasteiger partial charge is 0.267 e. The third-order valence-electron chi connectivity index (χ3n) is 3.71. The number of carbonyl (C=O) groups excluding carboxylic acids is 1. The van der Waals surface area contributed by atoms with Gasteiger partial charge in [-0.15, -0.1) is 0 Å². The van der Waals surface area contributed by atoms with Gasteiger partial charge in [0.1, 0.15) is 6.54 Å². The summed E-state index contributed by atoms with van der Waals surface area (Å²) in [6.45, 7) is 0.129. The zero-order chi connectivity index (χ0) is 18.5. The summed E-state index contributed by atoms with van der Waals surface area (Å²) in [5.41, 5.74) is 1.94. The molecule has 1 heterocycles. The minimum Gasteiger partial charge on any atom is -0.350 e.